The van der Waals surface area contributed by atoms with Crippen molar-refractivity contribution < 1.29 is 4.74 Å². The van der Waals surface area contributed by atoms with Crippen LogP contribution in [0.25, 0.3) is 11.6 Å². The molecule has 10 heteroatoms. The van der Waals surface area contributed by atoms with Gasteiger partial charge in [0.1, 0.15) is 6.17 Å². The molecule has 3 heterocycles. The molecule has 1 atom stereocenters. The van der Waals surface area contributed by atoms with Crippen LogP contribution in [0, 0.1) is 0 Å². The molecular formula is C9H15N9O. The number of likely N-dealkylation sites (N-methyl/N-ethyl adjacent to an activating group) is 1. The van der Waals surface area contributed by atoms with Crippen LogP contribution in [0.3, 0.4) is 0 Å². The third kappa shape index (κ3) is 2.08. The van der Waals surface area contributed by atoms with E-state index in [-0.39, 0.29) is 6.17 Å². The lowest BCUT2D eigenvalue weighted by Crippen LogP contribution is -2.43. The standard InChI is InChI=1S/C9H15N9O/c1-3-17-4-5-19-6-7(17)18-9(11-13-15-18)8-10-12-14-16(8)2/h7H,3-6H2,1-2H3. The summed E-state index contributed by atoms with van der Waals surface area (Å²) in [6.07, 6.45) is -0.0274. The minimum Gasteiger partial charge on any atom is -0.376 e. The van der Waals surface area contributed by atoms with Gasteiger partial charge in [-0.25, -0.2) is 9.36 Å². The lowest BCUT2D eigenvalue weighted by Gasteiger charge is -2.34. The molecular weight excluding hydrogens is 250 g/mol. The predicted octanol–water partition coefficient (Wildman–Crippen LogP) is -1.29. The third-order valence-electron chi connectivity index (χ3n) is 3.21. The van der Waals surface area contributed by atoms with Gasteiger partial charge in [0.2, 0.25) is 11.6 Å². The number of hydrogen-bond donors (Lipinski definition) is 0. The van der Waals surface area contributed by atoms with Crippen LogP contribution in [0.2, 0.25) is 0 Å². The van der Waals surface area contributed by atoms with Crippen molar-refractivity contribution in [3.63, 3.8) is 0 Å². The van der Waals surface area contributed by atoms with Gasteiger partial charge in [-0.1, -0.05) is 6.92 Å². The summed E-state index contributed by atoms with van der Waals surface area (Å²) in [4.78, 5) is 2.26. The van der Waals surface area contributed by atoms with Crippen LogP contribution in [0.4, 0.5) is 0 Å². The lowest BCUT2D eigenvalue weighted by atomic mass is 10.3. The van der Waals surface area contributed by atoms with Gasteiger partial charge in [0.15, 0.2) is 0 Å². The second kappa shape index (κ2) is 4.97. The first-order valence-corrected chi connectivity index (χ1v) is 6.13. The first-order chi connectivity index (χ1) is 9.31. The van der Waals surface area contributed by atoms with Crippen LogP contribution >= 0.6 is 0 Å². The van der Waals surface area contributed by atoms with Crippen LogP contribution in [0.15, 0.2) is 0 Å². The van der Waals surface area contributed by atoms with E-state index in [0.29, 0.717) is 18.3 Å². The van der Waals surface area contributed by atoms with Gasteiger partial charge in [-0.05, 0) is 27.4 Å². The van der Waals surface area contributed by atoms with Crippen LogP contribution in [0.1, 0.15) is 13.1 Å². The molecule has 10 nitrogen and oxygen atoms in total. The van der Waals surface area contributed by atoms with Crippen molar-refractivity contribution in [2.24, 2.45) is 7.05 Å². The Balaban J connectivity index is 1.97. The number of tetrazole rings is 2. The maximum absolute atomic E-state index is 5.52. The molecule has 1 aliphatic heterocycles. The lowest BCUT2D eigenvalue weighted by molar-refractivity contribution is -0.0402. The summed E-state index contributed by atoms with van der Waals surface area (Å²) in [6, 6.07) is 0. The largest absolute Gasteiger partial charge is 0.376 e. The van der Waals surface area contributed by atoms with Crippen molar-refractivity contribution in [3.05, 3.63) is 0 Å². The molecule has 0 saturated carbocycles. The molecule has 1 saturated heterocycles. The Morgan fingerprint density at radius 2 is 2.00 bits per heavy atom. The second-order valence-electron chi connectivity index (χ2n) is 4.26. The number of aromatic nitrogens is 8. The monoisotopic (exact) mass is 265 g/mol. The number of ether oxygens (including phenoxy) is 1. The zero-order chi connectivity index (χ0) is 13.2. The highest BCUT2D eigenvalue weighted by Gasteiger charge is 2.28. The topological polar surface area (TPSA) is 99.7 Å². The average molecular weight is 265 g/mol. The molecule has 102 valence electrons. The number of aryl methyl sites for hydroxylation is 1. The van der Waals surface area contributed by atoms with Crippen LogP contribution in [-0.4, -0.2) is 71.6 Å². The molecule has 0 N–H and O–H groups in total. The number of rotatable bonds is 3. The molecule has 3 rings (SSSR count). The van der Waals surface area contributed by atoms with E-state index in [1.165, 1.54) is 0 Å². The number of morpholine rings is 1. The van der Waals surface area contributed by atoms with E-state index in [2.05, 4.69) is 42.9 Å². The zero-order valence-corrected chi connectivity index (χ0v) is 10.8. The normalized spacial score (nSPS) is 20.8. The van der Waals surface area contributed by atoms with Crippen molar-refractivity contribution in [1.82, 2.24) is 45.3 Å². The molecule has 19 heavy (non-hydrogen) atoms. The van der Waals surface area contributed by atoms with E-state index in [9.17, 15) is 0 Å². The van der Waals surface area contributed by atoms with Crippen molar-refractivity contribution in [3.8, 4) is 11.6 Å². The summed E-state index contributed by atoms with van der Waals surface area (Å²) in [6.45, 7) is 5.15. The van der Waals surface area contributed by atoms with Gasteiger partial charge < -0.3 is 4.74 Å². The van der Waals surface area contributed by atoms with E-state index >= 15 is 0 Å². The van der Waals surface area contributed by atoms with Gasteiger partial charge in [0, 0.05) is 13.6 Å². The molecule has 2 aromatic rings. The molecule has 0 radical (unpaired) electrons. The maximum Gasteiger partial charge on any atom is 0.223 e. The number of nitrogens with zero attached hydrogens (tertiary/aromatic N) is 9. The minimum absolute atomic E-state index is 0.0274. The van der Waals surface area contributed by atoms with Crippen molar-refractivity contribution in [2.45, 2.75) is 13.1 Å². The Morgan fingerprint density at radius 3 is 2.74 bits per heavy atom. The van der Waals surface area contributed by atoms with Gasteiger partial charge >= 0.3 is 0 Å². The van der Waals surface area contributed by atoms with Gasteiger partial charge in [-0.2, -0.15) is 0 Å². The third-order valence-corrected chi connectivity index (χ3v) is 3.21. The Hall–Kier alpha value is -1.94. The van der Waals surface area contributed by atoms with E-state index in [1.807, 2.05) is 0 Å². The van der Waals surface area contributed by atoms with E-state index < -0.39 is 0 Å². The second-order valence-corrected chi connectivity index (χ2v) is 4.26. The Bertz CT molecular complexity index is 549. The molecule has 0 amide bonds. The van der Waals surface area contributed by atoms with Crippen LogP contribution in [0.5, 0.6) is 0 Å². The molecule has 0 bridgehead atoms. The average Bonchev–Trinajstić information content (AvgIpc) is 3.06. The SMILES string of the molecule is CCN1CCOCC1n1nnnc1-c1nnnn1C. The van der Waals surface area contributed by atoms with E-state index in [1.54, 1.807) is 16.4 Å². The Labute approximate surface area is 109 Å². The van der Waals surface area contributed by atoms with Gasteiger partial charge in [0.05, 0.1) is 13.2 Å². The summed E-state index contributed by atoms with van der Waals surface area (Å²) in [5.41, 5.74) is 0. The maximum atomic E-state index is 5.52. The fourth-order valence-electron chi connectivity index (χ4n) is 2.18. The minimum atomic E-state index is -0.0274. The summed E-state index contributed by atoms with van der Waals surface area (Å²) in [7, 11) is 1.75. The smallest absolute Gasteiger partial charge is 0.223 e. The molecule has 1 unspecified atom stereocenters. The highest BCUT2D eigenvalue weighted by Crippen LogP contribution is 2.21. The fraction of sp³-hybridized carbons (Fsp3) is 0.778. The van der Waals surface area contributed by atoms with Crippen molar-refractivity contribution in [2.75, 3.05) is 26.3 Å². The Kier molecular flexibility index (Phi) is 3.17. The van der Waals surface area contributed by atoms with Crippen LogP contribution in [-0.2, 0) is 11.8 Å². The van der Waals surface area contributed by atoms with Crippen molar-refractivity contribution in [1.29, 1.82) is 0 Å². The van der Waals surface area contributed by atoms with Gasteiger partial charge in [-0.15, -0.1) is 10.2 Å². The molecule has 1 aliphatic rings. The molecule has 0 aromatic carbocycles. The molecule has 2 aromatic heterocycles. The summed E-state index contributed by atoms with van der Waals surface area (Å²) in [5, 5.41) is 23.2. The highest BCUT2D eigenvalue weighted by molar-refractivity contribution is 5.40. The van der Waals surface area contributed by atoms with Gasteiger partial charge in [-0.3, -0.25) is 4.90 Å². The quantitative estimate of drug-likeness (QED) is 0.676. The first-order valence-electron chi connectivity index (χ1n) is 6.13. The molecule has 0 spiro atoms. The number of hydrogen-bond acceptors (Lipinski definition) is 8. The van der Waals surface area contributed by atoms with Crippen molar-refractivity contribution >= 4 is 0 Å². The van der Waals surface area contributed by atoms with E-state index in [4.69, 9.17) is 4.74 Å². The summed E-state index contributed by atoms with van der Waals surface area (Å²) in [5.74, 6) is 1.08. The van der Waals surface area contributed by atoms with Gasteiger partial charge in [0.25, 0.3) is 0 Å². The fourth-order valence-corrected chi connectivity index (χ4v) is 2.18. The van der Waals surface area contributed by atoms with Crippen LogP contribution < -0.4 is 0 Å². The predicted molar refractivity (Wildman–Crippen MR) is 62.7 cm³/mol. The first kappa shape index (κ1) is 12.1. The van der Waals surface area contributed by atoms with E-state index in [0.717, 1.165) is 19.7 Å². The molecule has 0 aliphatic carbocycles. The highest BCUT2D eigenvalue weighted by atomic mass is 16.5. The zero-order valence-electron chi connectivity index (χ0n) is 10.8. The summed E-state index contributed by atoms with van der Waals surface area (Å²) >= 11 is 0. The molecule has 1 fully saturated rings. The summed E-state index contributed by atoms with van der Waals surface area (Å²) < 4.78 is 8.78. The Morgan fingerprint density at radius 1 is 1.21 bits per heavy atom.